The summed E-state index contributed by atoms with van der Waals surface area (Å²) in [6.07, 6.45) is 0. The van der Waals surface area contributed by atoms with Crippen molar-refractivity contribution in [1.29, 1.82) is 0 Å². The van der Waals surface area contributed by atoms with E-state index in [1.807, 2.05) is 0 Å². The zero-order valence-electron chi connectivity index (χ0n) is 26.8. The van der Waals surface area contributed by atoms with Gasteiger partial charge in [0.15, 0.2) is 5.82 Å². The van der Waals surface area contributed by atoms with E-state index in [-0.39, 0.29) is 17.3 Å². The molecule has 1 saturated heterocycles. The highest BCUT2D eigenvalue weighted by molar-refractivity contribution is 6.31. The number of hydrogen-bond donors (Lipinski definition) is 2. The first-order valence-electron chi connectivity index (χ1n) is 15.0. The molecule has 2 heterocycles. The number of aromatic nitrogens is 2. The molecule has 0 bridgehead atoms. The number of nitrogens with one attached hydrogen (secondary N) is 1. The van der Waals surface area contributed by atoms with Gasteiger partial charge >= 0.3 is 6.03 Å². The second kappa shape index (κ2) is 13.5. The Labute approximate surface area is 276 Å². The Morgan fingerprint density at radius 3 is 2.32 bits per heavy atom. The number of fused-ring (bicyclic) bond motifs is 1. The summed E-state index contributed by atoms with van der Waals surface area (Å²) >= 11 is 6.29. The molecule has 1 aromatic heterocycles. The van der Waals surface area contributed by atoms with Crippen LogP contribution in [0.1, 0.15) is 32.6 Å². The molecular weight excluding hydrogens is 629 g/mol. The summed E-state index contributed by atoms with van der Waals surface area (Å²) in [7, 11) is 2.98. The molecule has 248 valence electrons. The van der Waals surface area contributed by atoms with Gasteiger partial charge in [0.2, 0.25) is 5.91 Å². The molecule has 1 atom stereocenters. The summed E-state index contributed by atoms with van der Waals surface area (Å²) in [6, 6.07) is 13.7. The van der Waals surface area contributed by atoms with E-state index in [0.717, 1.165) is 0 Å². The molecule has 0 saturated carbocycles. The molecule has 0 aliphatic carbocycles. The minimum atomic E-state index is -1.05. The van der Waals surface area contributed by atoms with Crippen molar-refractivity contribution < 1.29 is 23.5 Å². The van der Waals surface area contributed by atoms with Gasteiger partial charge in [-0.15, -0.1) is 0 Å². The van der Waals surface area contributed by atoms with Crippen molar-refractivity contribution in [2.24, 2.45) is 5.73 Å². The zero-order chi connectivity index (χ0) is 34.0. The van der Waals surface area contributed by atoms with E-state index >= 15 is 0 Å². The van der Waals surface area contributed by atoms with E-state index in [9.17, 15) is 18.8 Å². The Morgan fingerprint density at radius 2 is 1.70 bits per heavy atom. The molecule has 47 heavy (non-hydrogen) atoms. The first-order chi connectivity index (χ1) is 22.3. The van der Waals surface area contributed by atoms with Gasteiger partial charge in [-0.25, -0.2) is 18.8 Å². The third-order valence-electron chi connectivity index (χ3n) is 7.93. The van der Waals surface area contributed by atoms with E-state index < -0.39 is 23.4 Å². The van der Waals surface area contributed by atoms with Crippen LogP contribution in [-0.4, -0.2) is 72.4 Å². The van der Waals surface area contributed by atoms with Crippen molar-refractivity contribution >= 4 is 45.8 Å². The highest BCUT2D eigenvalue weighted by atomic mass is 35.5. The Hall–Kier alpha value is -4.88. The molecule has 1 aliphatic heterocycles. The zero-order valence-corrected chi connectivity index (χ0v) is 27.5. The van der Waals surface area contributed by atoms with Crippen LogP contribution in [0.4, 0.5) is 20.6 Å². The molecule has 3 amide bonds. The number of carbonyl (C=O) groups excluding carboxylic acids is 2. The van der Waals surface area contributed by atoms with E-state index in [1.165, 1.54) is 48.1 Å². The first kappa shape index (κ1) is 33.5. The quantitative estimate of drug-likeness (QED) is 0.281. The van der Waals surface area contributed by atoms with Crippen molar-refractivity contribution in [3.63, 3.8) is 0 Å². The van der Waals surface area contributed by atoms with Crippen molar-refractivity contribution in [3.8, 4) is 11.5 Å². The second-order valence-corrected chi connectivity index (χ2v) is 12.2. The molecule has 5 rings (SSSR count). The normalized spacial score (nSPS) is 14.1. The molecule has 14 heteroatoms. The van der Waals surface area contributed by atoms with Crippen LogP contribution in [-0.2, 0) is 4.79 Å². The number of piperazine rings is 1. The van der Waals surface area contributed by atoms with Crippen LogP contribution >= 0.6 is 11.6 Å². The number of amides is 3. The lowest BCUT2D eigenvalue weighted by Crippen LogP contribution is -2.60. The summed E-state index contributed by atoms with van der Waals surface area (Å²) < 4.78 is 26.2. The van der Waals surface area contributed by atoms with Gasteiger partial charge in [0, 0.05) is 29.9 Å². The molecule has 1 fully saturated rings. The molecule has 4 aromatic rings. The molecular formula is C33H37ClFN7O5. The Balaban J connectivity index is 1.64. The lowest BCUT2D eigenvalue weighted by atomic mass is 10.1. The third kappa shape index (κ3) is 6.96. The molecule has 0 unspecified atom stereocenters. The summed E-state index contributed by atoms with van der Waals surface area (Å²) in [5.41, 5.74) is 5.74. The van der Waals surface area contributed by atoms with E-state index in [0.29, 0.717) is 65.0 Å². The molecule has 3 aromatic carbocycles. The van der Waals surface area contributed by atoms with Crippen LogP contribution in [0.3, 0.4) is 0 Å². The average Bonchev–Trinajstić information content (AvgIpc) is 3.05. The highest BCUT2D eigenvalue weighted by Crippen LogP contribution is 2.37. The van der Waals surface area contributed by atoms with Gasteiger partial charge in [-0.2, -0.15) is 0 Å². The number of ether oxygens (including phenoxy) is 2. The smallest absolute Gasteiger partial charge is 0.327 e. The van der Waals surface area contributed by atoms with Crippen molar-refractivity contribution in [3.05, 3.63) is 87.7 Å². The maximum Gasteiger partial charge on any atom is 0.327 e. The van der Waals surface area contributed by atoms with Gasteiger partial charge in [-0.1, -0.05) is 11.6 Å². The standard InChI is InChI=1S/C33H37ClFN7O5/c1-20(41(27-13-11-24(46-4)19-28(27)47-5)32(45)37-23-9-7-22(35)8-10-23)29-38-26-12-6-21(34)18-25(26)30(43)42(29)40-16-14-39(15-17-40)31(44)33(2,3)36/h6-13,18-20H,14-17,36H2,1-5H3,(H,37,45)/t20-/m0/s1. The summed E-state index contributed by atoms with van der Waals surface area (Å²) in [5.74, 6) is 0.422. The van der Waals surface area contributed by atoms with E-state index in [4.69, 9.17) is 31.8 Å². The Bertz CT molecular complexity index is 1850. The summed E-state index contributed by atoms with van der Waals surface area (Å²) in [5, 5.41) is 5.28. The molecule has 12 nitrogen and oxygen atoms in total. The van der Waals surface area contributed by atoms with Gasteiger partial charge in [-0.05, 0) is 75.4 Å². The number of urea groups is 1. The molecule has 0 radical (unpaired) electrons. The van der Waals surface area contributed by atoms with Crippen LogP contribution in [0.5, 0.6) is 11.5 Å². The average molecular weight is 666 g/mol. The predicted octanol–water partition coefficient (Wildman–Crippen LogP) is 4.52. The largest absolute Gasteiger partial charge is 0.497 e. The van der Waals surface area contributed by atoms with Gasteiger partial charge in [-0.3, -0.25) is 14.5 Å². The van der Waals surface area contributed by atoms with Gasteiger partial charge in [0.25, 0.3) is 5.56 Å². The number of halogens is 2. The third-order valence-corrected chi connectivity index (χ3v) is 8.17. The lowest BCUT2D eigenvalue weighted by Gasteiger charge is -2.40. The first-order valence-corrected chi connectivity index (χ1v) is 15.3. The SMILES string of the molecule is COc1ccc(N(C(=O)Nc2ccc(F)cc2)[C@@H](C)c2nc3ccc(Cl)cc3c(=O)n2N2CCN(C(=O)C(C)(C)N)CC2)c(OC)c1. The van der Waals surface area contributed by atoms with Crippen LogP contribution in [0.2, 0.25) is 5.02 Å². The minimum absolute atomic E-state index is 0.197. The fourth-order valence-electron chi connectivity index (χ4n) is 5.53. The number of hydrogen-bond acceptors (Lipinski definition) is 8. The predicted molar refractivity (Wildman–Crippen MR) is 180 cm³/mol. The van der Waals surface area contributed by atoms with E-state index in [2.05, 4.69) is 5.32 Å². The molecule has 1 aliphatic rings. The second-order valence-electron chi connectivity index (χ2n) is 11.7. The number of benzene rings is 3. The van der Waals surface area contributed by atoms with Crippen molar-refractivity contribution in [2.75, 3.05) is 55.6 Å². The van der Waals surface area contributed by atoms with Gasteiger partial charge in [0.1, 0.15) is 17.3 Å². The monoisotopic (exact) mass is 665 g/mol. The maximum atomic E-state index is 14.3. The fourth-order valence-corrected chi connectivity index (χ4v) is 5.70. The Morgan fingerprint density at radius 1 is 1.02 bits per heavy atom. The number of nitrogens with two attached hydrogens (primary N) is 1. The van der Waals surface area contributed by atoms with E-state index in [1.54, 1.807) is 67.1 Å². The number of anilines is 2. The van der Waals surface area contributed by atoms with Crippen LogP contribution in [0.15, 0.2) is 65.5 Å². The molecule has 3 N–H and O–H groups in total. The number of carbonyl (C=O) groups is 2. The molecule has 0 spiro atoms. The number of nitrogens with zero attached hydrogens (tertiary/aromatic N) is 5. The Kier molecular flexibility index (Phi) is 9.59. The van der Waals surface area contributed by atoms with Crippen LogP contribution in [0.25, 0.3) is 10.9 Å². The fraction of sp³-hybridized carbons (Fsp3) is 0.333. The van der Waals surface area contributed by atoms with Gasteiger partial charge in [0.05, 0.1) is 55.5 Å². The van der Waals surface area contributed by atoms with Crippen molar-refractivity contribution in [1.82, 2.24) is 14.6 Å². The van der Waals surface area contributed by atoms with Gasteiger partial charge < -0.3 is 30.4 Å². The summed E-state index contributed by atoms with van der Waals surface area (Å²) in [6.45, 7) is 6.27. The minimum Gasteiger partial charge on any atom is -0.497 e. The van der Waals surface area contributed by atoms with Crippen molar-refractivity contribution in [2.45, 2.75) is 32.4 Å². The van der Waals surface area contributed by atoms with Crippen LogP contribution < -0.4 is 36.0 Å². The topological polar surface area (TPSA) is 135 Å². The number of rotatable bonds is 8. The van der Waals surface area contributed by atoms with Crippen LogP contribution in [0, 0.1) is 5.82 Å². The number of methoxy groups -OCH3 is 2. The maximum absolute atomic E-state index is 14.3. The lowest BCUT2D eigenvalue weighted by molar-refractivity contribution is -0.136. The highest BCUT2D eigenvalue weighted by Gasteiger charge is 2.34. The summed E-state index contributed by atoms with van der Waals surface area (Å²) in [4.78, 5) is 49.3.